The molecule has 1 N–H and O–H groups in total. The number of amides is 2. The van der Waals surface area contributed by atoms with Gasteiger partial charge in [0.25, 0.3) is 10.0 Å². The Bertz CT molecular complexity index is 1430. The SMILES string of the molecule is CNC(=O)[C@@H](C)N(Cc1ccccc1F)C(=O)CN(c1ccc(OC)c(OC)c1)S(=O)(=O)c1ccc(C)cc1. The molecule has 0 bridgehead atoms. The van der Waals surface area contributed by atoms with Crippen LogP contribution in [0.4, 0.5) is 10.1 Å². The molecule has 11 heteroatoms. The van der Waals surface area contributed by atoms with Crippen LogP contribution in [0.15, 0.2) is 71.6 Å². The third-order valence-corrected chi connectivity index (χ3v) is 8.04. The molecule has 0 aromatic heterocycles. The lowest BCUT2D eigenvalue weighted by Gasteiger charge is -2.32. The van der Waals surface area contributed by atoms with Crippen molar-refractivity contribution >= 4 is 27.5 Å². The van der Waals surface area contributed by atoms with Crippen molar-refractivity contribution in [2.75, 3.05) is 32.1 Å². The number of halogens is 1. The Hall–Kier alpha value is -4.12. The standard InChI is InChI=1S/C28H32FN3O6S/c1-19-10-13-23(14-11-19)39(35,36)32(22-12-15-25(37-4)26(16-22)38-5)18-27(33)31(20(2)28(34)30-3)17-21-8-6-7-9-24(21)29/h6-16,20H,17-18H2,1-5H3,(H,30,34)/t20-/m1/s1. The van der Waals surface area contributed by atoms with Gasteiger partial charge in [-0.1, -0.05) is 35.9 Å². The van der Waals surface area contributed by atoms with E-state index in [0.29, 0.717) is 5.75 Å². The number of ether oxygens (including phenoxy) is 2. The van der Waals surface area contributed by atoms with E-state index in [-0.39, 0.29) is 28.4 Å². The molecule has 0 aliphatic rings. The smallest absolute Gasteiger partial charge is 0.264 e. The molecule has 0 saturated heterocycles. The van der Waals surface area contributed by atoms with Gasteiger partial charge < -0.3 is 19.7 Å². The van der Waals surface area contributed by atoms with Crippen molar-refractivity contribution in [3.63, 3.8) is 0 Å². The zero-order chi connectivity index (χ0) is 28.7. The second-order valence-electron chi connectivity index (χ2n) is 8.77. The highest BCUT2D eigenvalue weighted by Crippen LogP contribution is 2.34. The fourth-order valence-electron chi connectivity index (χ4n) is 3.95. The van der Waals surface area contributed by atoms with Crippen LogP contribution in [-0.2, 0) is 26.2 Å². The molecule has 3 aromatic rings. The second-order valence-corrected chi connectivity index (χ2v) is 10.6. The number of hydrogen-bond donors (Lipinski definition) is 1. The average Bonchev–Trinajstić information content (AvgIpc) is 2.94. The third kappa shape index (κ3) is 6.66. The summed E-state index contributed by atoms with van der Waals surface area (Å²) in [4.78, 5) is 27.4. The van der Waals surface area contributed by atoms with Gasteiger partial charge in [-0.15, -0.1) is 0 Å². The normalized spacial score (nSPS) is 11.8. The van der Waals surface area contributed by atoms with Gasteiger partial charge in [0.2, 0.25) is 11.8 Å². The van der Waals surface area contributed by atoms with E-state index in [9.17, 15) is 22.4 Å². The molecular formula is C28H32FN3O6S. The fourth-order valence-corrected chi connectivity index (χ4v) is 5.35. The van der Waals surface area contributed by atoms with Crippen LogP contribution in [0, 0.1) is 12.7 Å². The molecule has 208 valence electrons. The van der Waals surface area contributed by atoms with Crippen LogP contribution in [0.25, 0.3) is 0 Å². The van der Waals surface area contributed by atoms with E-state index < -0.39 is 40.2 Å². The first-order valence-electron chi connectivity index (χ1n) is 12.1. The van der Waals surface area contributed by atoms with Gasteiger partial charge in [0.1, 0.15) is 18.4 Å². The number of benzene rings is 3. The van der Waals surface area contributed by atoms with E-state index in [1.165, 1.54) is 76.7 Å². The molecule has 0 fully saturated rings. The highest BCUT2D eigenvalue weighted by Gasteiger charge is 2.33. The Morgan fingerprint density at radius 1 is 0.974 bits per heavy atom. The Kier molecular flexibility index (Phi) is 9.52. The van der Waals surface area contributed by atoms with Crippen LogP contribution in [-0.4, -0.2) is 59.0 Å². The summed E-state index contributed by atoms with van der Waals surface area (Å²) in [5, 5.41) is 2.49. The minimum atomic E-state index is -4.26. The minimum absolute atomic E-state index is 0.0318. The van der Waals surface area contributed by atoms with Crippen LogP contribution in [0.3, 0.4) is 0 Å². The molecule has 0 unspecified atom stereocenters. The number of anilines is 1. The second kappa shape index (κ2) is 12.6. The fraction of sp³-hybridized carbons (Fsp3) is 0.286. The number of sulfonamides is 1. The number of methoxy groups -OCH3 is 2. The molecule has 3 rings (SSSR count). The van der Waals surface area contributed by atoms with Crippen LogP contribution in [0.5, 0.6) is 11.5 Å². The van der Waals surface area contributed by atoms with Gasteiger partial charge in [0.15, 0.2) is 11.5 Å². The van der Waals surface area contributed by atoms with E-state index in [0.717, 1.165) is 14.8 Å². The van der Waals surface area contributed by atoms with E-state index in [2.05, 4.69) is 5.32 Å². The lowest BCUT2D eigenvalue weighted by Crippen LogP contribution is -2.50. The Morgan fingerprint density at radius 2 is 1.62 bits per heavy atom. The molecule has 9 nitrogen and oxygen atoms in total. The summed E-state index contributed by atoms with van der Waals surface area (Å²) in [7, 11) is 0.0139. The largest absolute Gasteiger partial charge is 0.493 e. The summed E-state index contributed by atoms with van der Waals surface area (Å²) < 4.78 is 53.8. The molecule has 3 aromatic carbocycles. The summed E-state index contributed by atoms with van der Waals surface area (Å²) >= 11 is 0. The van der Waals surface area contributed by atoms with Crippen molar-refractivity contribution < 1.29 is 31.9 Å². The highest BCUT2D eigenvalue weighted by molar-refractivity contribution is 7.92. The molecule has 1 atom stereocenters. The van der Waals surface area contributed by atoms with Crippen molar-refractivity contribution in [3.05, 3.63) is 83.7 Å². The predicted octanol–water partition coefficient (Wildman–Crippen LogP) is 3.51. The van der Waals surface area contributed by atoms with E-state index in [1.807, 2.05) is 6.92 Å². The number of carbonyl (C=O) groups excluding carboxylic acids is 2. The van der Waals surface area contributed by atoms with E-state index in [4.69, 9.17) is 9.47 Å². The third-order valence-electron chi connectivity index (χ3n) is 6.26. The maximum Gasteiger partial charge on any atom is 0.264 e. The van der Waals surface area contributed by atoms with Gasteiger partial charge in [0.05, 0.1) is 24.8 Å². The Morgan fingerprint density at radius 3 is 2.21 bits per heavy atom. The first-order valence-corrected chi connectivity index (χ1v) is 13.5. The van der Waals surface area contributed by atoms with Gasteiger partial charge in [-0.2, -0.15) is 0 Å². The summed E-state index contributed by atoms with van der Waals surface area (Å²) in [6.45, 7) is 2.41. The Labute approximate surface area is 228 Å². The molecule has 39 heavy (non-hydrogen) atoms. The molecule has 0 heterocycles. The van der Waals surface area contributed by atoms with Gasteiger partial charge in [-0.3, -0.25) is 13.9 Å². The molecule has 0 aliphatic carbocycles. The van der Waals surface area contributed by atoms with Crippen LogP contribution in [0.1, 0.15) is 18.1 Å². The molecule has 2 amide bonds. The van der Waals surface area contributed by atoms with Gasteiger partial charge in [-0.05, 0) is 44.2 Å². The summed E-state index contributed by atoms with van der Waals surface area (Å²) in [5.41, 5.74) is 1.18. The lowest BCUT2D eigenvalue weighted by atomic mass is 10.1. The number of carbonyl (C=O) groups is 2. The van der Waals surface area contributed by atoms with Crippen molar-refractivity contribution in [1.82, 2.24) is 10.2 Å². The number of aryl methyl sites for hydroxylation is 1. The monoisotopic (exact) mass is 557 g/mol. The molecule has 0 radical (unpaired) electrons. The van der Waals surface area contributed by atoms with Crippen LogP contribution < -0.4 is 19.1 Å². The average molecular weight is 558 g/mol. The first-order chi connectivity index (χ1) is 18.5. The maximum absolute atomic E-state index is 14.5. The molecule has 0 saturated carbocycles. The zero-order valence-corrected chi connectivity index (χ0v) is 23.3. The maximum atomic E-state index is 14.5. The number of rotatable bonds is 11. The number of likely N-dealkylation sites (N-methyl/N-ethyl adjacent to an activating group) is 1. The van der Waals surface area contributed by atoms with Crippen LogP contribution in [0.2, 0.25) is 0 Å². The van der Waals surface area contributed by atoms with Gasteiger partial charge in [-0.25, -0.2) is 12.8 Å². The summed E-state index contributed by atoms with van der Waals surface area (Å²) in [6, 6.07) is 15.5. The topological polar surface area (TPSA) is 105 Å². The quantitative estimate of drug-likeness (QED) is 0.387. The number of nitrogens with zero attached hydrogens (tertiary/aromatic N) is 2. The van der Waals surface area contributed by atoms with Crippen molar-refractivity contribution in [2.45, 2.75) is 31.3 Å². The summed E-state index contributed by atoms with van der Waals surface area (Å²) in [5.74, 6) is -1.12. The van der Waals surface area contributed by atoms with Gasteiger partial charge in [0, 0.05) is 25.2 Å². The Balaban J connectivity index is 2.10. The highest BCUT2D eigenvalue weighted by atomic mass is 32.2. The number of nitrogens with one attached hydrogen (secondary N) is 1. The molecular weight excluding hydrogens is 525 g/mol. The lowest BCUT2D eigenvalue weighted by molar-refractivity contribution is -0.139. The van der Waals surface area contributed by atoms with E-state index in [1.54, 1.807) is 18.2 Å². The summed E-state index contributed by atoms with van der Waals surface area (Å²) in [6.07, 6.45) is 0. The first kappa shape index (κ1) is 29.4. The van der Waals surface area contributed by atoms with Crippen molar-refractivity contribution in [2.24, 2.45) is 0 Å². The van der Waals surface area contributed by atoms with Crippen LogP contribution >= 0.6 is 0 Å². The van der Waals surface area contributed by atoms with Crippen molar-refractivity contribution in [1.29, 1.82) is 0 Å². The van der Waals surface area contributed by atoms with Gasteiger partial charge >= 0.3 is 0 Å². The van der Waals surface area contributed by atoms with Crippen molar-refractivity contribution in [3.8, 4) is 11.5 Å². The molecule has 0 aliphatic heterocycles. The number of hydrogen-bond acceptors (Lipinski definition) is 6. The van der Waals surface area contributed by atoms with E-state index >= 15 is 0 Å². The minimum Gasteiger partial charge on any atom is -0.493 e. The zero-order valence-electron chi connectivity index (χ0n) is 22.5. The predicted molar refractivity (Wildman–Crippen MR) is 146 cm³/mol. The molecule has 0 spiro atoms.